The van der Waals surface area contributed by atoms with Crippen molar-refractivity contribution in [1.82, 2.24) is 10.6 Å². The Hall–Kier alpha value is -1.95. The number of aliphatic hydroxyl groups excluding tert-OH is 1. The summed E-state index contributed by atoms with van der Waals surface area (Å²) in [6, 6.07) is 5.56. The SMILES string of the molecule is O=C(CNC(=O)c1ccccc1F)NC1CCCC1CO. The highest BCUT2D eigenvalue weighted by molar-refractivity contribution is 5.96. The minimum atomic E-state index is -0.619. The normalized spacial score (nSPS) is 21.0. The van der Waals surface area contributed by atoms with Gasteiger partial charge in [-0.1, -0.05) is 18.6 Å². The fraction of sp³-hybridized carbons (Fsp3) is 0.467. The molecule has 2 unspecified atom stereocenters. The van der Waals surface area contributed by atoms with Crippen LogP contribution in [-0.2, 0) is 4.79 Å². The van der Waals surface area contributed by atoms with Crippen LogP contribution in [0.4, 0.5) is 4.39 Å². The van der Waals surface area contributed by atoms with Gasteiger partial charge in [0.15, 0.2) is 0 Å². The van der Waals surface area contributed by atoms with Crippen molar-refractivity contribution < 1.29 is 19.1 Å². The van der Waals surface area contributed by atoms with Crippen LogP contribution in [0.5, 0.6) is 0 Å². The summed E-state index contributed by atoms with van der Waals surface area (Å²) in [7, 11) is 0. The van der Waals surface area contributed by atoms with E-state index in [9.17, 15) is 19.1 Å². The molecule has 1 fully saturated rings. The van der Waals surface area contributed by atoms with E-state index in [1.165, 1.54) is 18.2 Å². The molecular weight excluding hydrogens is 275 g/mol. The summed E-state index contributed by atoms with van der Waals surface area (Å²) in [6.07, 6.45) is 2.69. The summed E-state index contributed by atoms with van der Waals surface area (Å²) in [5, 5.41) is 14.4. The number of rotatable bonds is 5. The Morgan fingerprint density at radius 2 is 2.05 bits per heavy atom. The molecule has 2 rings (SSSR count). The largest absolute Gasteiger partial charge is 0.396 e. The molecule has 0 aliphatic heterocycles. The van der Waals surface area contributed by atoms with E-state index in [1.807, 2.05) is 0 Å². The summed E-state index contributed by atoms with van der Waals surface area (Å²) in [4.78, 5) is 23.5. The third-order valence-electron chi connectivity index (χ3n) is 3.77. The van der Waals surface area contributed by atoms with Gasteiger partial charge in [-0.3, -0.25) is 9.59 Å². The van der Waals surface area contributed by atoms with Gasteiger partial charge in [0.25, 0.3) is 5.91 Å². The Kier molecular flexibility index (Phi) is 5.27. The molecule has 1 aliphatic rings. The first-order chi connectivity index (χ1) is 10.1. The molecule has 21 heavy (non-hydrogen) atoms. The highest BCUT2D eigenvalue weighted by Gasteiger charge is 2.27. The molecule has 5 nitrogen and oxygen atoms in total. The van der Waals surface area contributed by atoms with Crippen LogP contribution in [0.25, 0.3) is 0 Å². The summed E-state index contributed by atoms with van der Waals surface area (Å²) in [5.74, 6) is -1.49. The molecule has 1 aromatic carbocycles. The highest BCUT2D eigenvalue weighted by atomic mass is 19.1. The van der Waals surface area contributed by atoms with Gasteiger partial charge in [-0.05, 0) is 25.0 Å². The quantitative estimate of drug-likeness (QED) is 0.753. The molecule has 2 amide bonds. The second-order valence-corrected chi connectivity index (χ2v) is 5.21. The van der Waals surface area contributed by atoms with E-state index in [4.69, 9.17) is 0 Å². The van der Waals surface area contributed by atoms with Crippen molar-refractivity contribution in [2.45, 2.75) is 25.3 Å². The third-order valence-corrected chi connectivity index (χ3v) is 3.77. The molecule has 0 aromatic heterocycles. The maximum Gasteiger partial charge on any atom is 0.254 e. The Morgan fingerprint density at radius 1 is 1.29 bits per heavy atom. The van der Waals surface area contributed by atoms with Gasteiger partial charge in [-0.2, -0.15) is 0 Å². The monoisotopic (exact) mass is 294 g/mol. The summed E-state index contributed by atoms with van der Waals surface area (Å²) < 4.78 is 13.4. The molecule has 6 heteroatoms. The molecule has 3 N–H and O–H groups in total. The van der Waals surface area contributed by atoms with Crippen molar-refractivity contribution in [2.24, 2.45) is 5.92 Å². The van der Waals surface area contributed by atoms with E-state index >= 15 is 0 Å². The van der Waals surface area contributed by atoms with Gasteiger partial charge in [-0.25, -0.2) is 4.39 Å². The van der Waals surface area contributed by atoms with Gasteiger partial charge < -0.3 is 15.7 Å². The molecule has 0 spiro atoms. The minimum absolute atomic E-state index is 0.0481. The second kappa shape index (κ2) is 7.17. The summed E-state index contributed by atoms with van der Waals surface area (Å²) in [6.45, 7) is -0.158. The van der Waals surface area contributed by atoms with Gasteiger partial charge in [0, 0.05) is 18.6 Å². The molecule has 0 bridgehead atoms. The molecular formula is C15H19FN2O3. The van der Waals surface area contributed by atoms with E-state index in [-0.39, 0.29) is 36.6 Å². The lowest BCUT2D eigenvalue weighted by atomic mass is 10.1. The van der Waals surface area contributed by atoms with Crippen LogP contribution >= 0.6 is 0 Å². The fourth-order valence-electron chi connectivity index (χ4n) is 2.60. The van der Waals surface area contributed by atoms with Gasteiger partial charge >= 0.3 is 0 Å². The number of carbonyl (C=O) groups excluding carboxylic acids is 2. The Morgan fingerprint density at radius 3 is 2.76 bits per heavy atom. The first-order valence-electron chi connectivity index (χ1n) is 7.04. The van der Waals surface area contributed by atoms with E-state index in [0.29, 0.717) is 0 Å². The zero-order chi connectivity index (χ0) is 15.2. The topological polar surface area (TPSA) is 78.4 Å². The number of amides is 2. The second-order valence-electron chi connectivity index (χ2n) is 5.21. The maximum absolute atomic E-state index is 13.4. The molecule has 114 valence electrons. The molecule has 2 atom stereocenters. The zero-order valence-electron chi connectivity index (χ0n) is 11.6. The van der Waals surface area contributed by atoms with Crippen LogP contribution in [0.3, 0.4) is 0 Å². The predicted molar refractivity (Wildman–Crippen MR) is 75.1 cm³/mol. The van der Waals surface area contributed by atoms with Crippen molar-refractivity contribution >= 4 is 11.8 Å². The standard InChI is InChI=1S/C15H19FN2O3/c16-12-6-2-1-5-11(12)15(21)17-8-14(20)18-13-7-3-4-10(13)9-19/h1-2,5-6,10,13,19H,3-4,7-9H2,(H,17,21)(H,18,20). The summed E-state index contributed by atoms with van der Waals surface area (Å²) in [5.41, 5.74) is -0.0839. The van der Waals surface area contributed by atoms with Crippen molar-refractivity contribution in [3.05, 3.63) is 35.6 Å². The number of nitrogens with one attached hydrogen (secondary N) is 2. The smallest absolute Gasteiger partial charge is 0.254 e. The zero-order valence-corrected chi connectivity index (χ0v) is 11.6. The molecule has 0 heterocycles. The van der Waals surface area contributed by atoms with Crippen molar-refractivity contribution in [3.8, 4) is 0 Å². The van der Waals surface area contributed by atoms with Crippen LogP contribution in [0, 0.1) is 11.7 Å². The number of aliphatic hydroxyl groups is 1. The van der Waals surface area contributed by atoms with Crippen LogP contribution in [0.15, 0.2) is 24.3 Å². The molecule has 1 aliphatic carbocycles. The lowest BCUT2D eigenvalue weighted by Crippen LogP contribution is -2.44. The van der Waals surface area contributed by atoms with Crippen LogP contribution in [0.1, 0.15) is 29.6 Å². The number of halogens is 1. The van der Waals surface area contributed by atoms with Gasteiger partial charge in [-0.15, -0.1) is 0 Å². The molecule has 1 aromatic rings. The number of carbonyl (C=O) groups is 2. The molecule has 0 saturated heterocycles. The fourth-order valence-corrected chi connectivity index (χ4v) is 2.60. The predicted octanol–water partition coefficient (Wildman–Crippen LogP) is 0.833. The number of hydrogen-bond acceptors (Lipinski definition) is 3. The minimum Gasteiger partial charge on any atom is -0.396 e. The van der Waals surface area contributed by atoms with Gasteiger partial charge in [0.2, 0.25) is 5.91 Å². The van der Waals surface area contributed by atoms with E-state index < -0.39 is 11.7 Å². The van der Waals surface area contributed by atoms with E-state index in [2.05, 4.69) is 10.6 Å². The van der Waals surface area contributed by atoms with Gasteiger partial charge in [0.1, 0.15) is 5.82 Å². The lowest BCUT2D eigenvalue weighted by molar-refractivity contribution is -0.121. The highest BCUT2D eigenvalue weighted by Crippen LogP contribution is 2.24. The van der Waals surface area contributed by atoms with Crippen LogP contribution in [0.2, 0.25) is 0 Å². The van der Waals surface area contributed by atoms with Crippen molar-refractivity contribution in [1.29, 1.82) is 0 Å². The molecule has 0 radical (unpaired) electrons. The number of hydrogen-bond donors (Lipinski definition) is 3. The van der Waals surface area contributed by atoms with E-state index in [1.54, 1.807) is 6.07 Å². The Balaban J connectivity index is 1.81. The van der Waals surface area contributed by atoms with Crippen molar-refractivity contribution in [3.63, 3.8) is 0 Å². The van der Waals surface area contributed by atoms with Gasteiger partial charge in [0.05, 0.1) is 12.1 Å². The lowest BCUT2D eigenvalue weighted by Gasteiger charge is -2.19. The van der Waals surface area contributed by atoms with Crippen molar-refractivity contribution in [2.75, 3.05) is 13.2 Å². The number of benzene rings is 1. The summed E-state index contributed by atoms with van der Waals surface area (Å²) >= 11 is 0. The third kappa shape index (κ3) is 4.01. The average molecular weight is 294 g/mol. The van der Waals surface area contributed by atoms with E-state index in [0.717, 1.165) is 19.3 Å². The molecule has 1 saturated carbocycles. The van der Waals surface area contributed by atoms with Crippen LogP contribution < -0.4 is 10.6 Å². The van der Waals surface area contributed by atoms with Crippen LogP contribution in [-0.4, -0.2) is 36.1 Å². The Bertz CT molecular complexity index is 521. The Labute approximate surface area is 122 Å². The maximum atomic E-state index is 13.4. The first-order valence-corrected chi connectivity index (χ1v) is 7.04. The first kappa shape index (κ1) is 15.4. The average Bonchev–Trinajstić information content (AvgIpc) is 2.92.